The maximum absolute atomic E-state index is 5.73. The molecule has 2 heteroatoms. The van der Waals surface area contributed by atoms with Crippen molar-refractivity contribution in [3.05, 3.63) is 0 Å². The van der Waals surface area contributed by atoms with Crippen LogP contribution in [-0.4, -0.2) is 25.8 Å². The largest absolute Gasteiger partial charge is 0.377 e. The predicted octanol–water partition coefficient (Wildman–Crippen LogP) is 2.97. The fourth-order valence-electron chi connectivity index (χ4n) is 2.89. The molecule has 90 valence electrons. The van der Waals surface area contributed by atoms with Crippen molar-refractivity contribution in [3.63, 3.8) is 0 Å². The molecule has 0 radical (unpaired) electrons. The first-order valence-corrected chi connectivity index (χ1v) is 6.58. The van der Waals surface area contributed by atoms with Gasteiger partial charge < -0.3 is 10.1 Å². The summed E-state index contributed by atoms with van der Waals surface area (Å²) in [5.41, 5.74) is 0. The van der Waals surface area contributed by atoms with Crippen LogP contribution >= 0.6 is 0 Å². The Bertz CT molecular complexity index is 153. The lowest BCUT2D eigenvalue weighted by Crippen LogP contribution is -2.43. The van der Waals surface area contributed by atoms with E-state index in [1.807, 2.05) is 0 Å². The number of rotatable bonds is 5. The number of likely N-dealkylation sites (N-methyl/N-ethyl adjacent to an activating group) is 1. The number of hydrogen-bond donors (Lipinski definition) is 1. The first-order chi connectivity index (χ1) is 7.29. The highest BCUT2D eigenvalue weighted by atomic mass is 16.5. The molecule has 1 fully saturated rings. The third kappa shape index (κ3) is 4.12. The van der Waals surface area contributed by atoms with Crippen molar-refractivity contribution in [2.24, 2.45) is 5.92 Å². The van der Waals surface area contributed by atoms with E-state index in [1.54, 1.807) is 0 Å². The van der Waals surface area contributed by atoms with E-state index < -0.39 is 0 Å². The van der Waals surface area contributed by atoms with E-state index in [4.69, 9.17) is 4.74 Å². The molecule has 1 aliphatic carbocycles. The van der Waals surface area contributed by atoms with E-state index in [-0.39, 0.29) is 0 Å². The average molecular weight is 213 g/mol. The molecule has 1 rings (SSSR count). The molecule has 0 amide bonds. The molecule has 1 aliphatic rings. The highest BCUT2D eigenvalue weighted by molar-refractivity contribution is 4.82. The van der Waals surface area contributed by atoms with E-state index in [0.717, 1.165) is 12.5 Å². The van der Waals surface area contributed by atoms with Gasteiger partial charge in [0, 0.05) is 12.6 Å². The summed E-state index contributed by atoms with van der Waals surface area (Å²) in [6.07, 6.45) is 8.77. The molecule has 0 saturated heterocycles. The standard InChI is InChI=1S/C13H27NO/c1-4-15-11(2)13(14-3)12-9-7-5-6-8-10-12/h11-14H,4-10H2,1-3H3. The zero-order chi connectivity index (χ0) is 11.1. The topological polar surface area (TPSA) is 21.3 Å². The minimum atomic E-state index is 0.350. The smallest absolute Gasteiger partial charge is 0.0702 e. The molecule has 0 spiro atoms. The maximum atomic E-state index is 5.73. The first-order valence-electron chi connectivity index (χ1n) is 6.58. The Labute approximate surface area is 94.8 Å². The van der Waals surface area contributed by atoms with Crippen molar-refractivity contribution in [1.29, 1.82) is 0 Å². The molecular formula is C13H27NO. The quantitative estimate of drug-likeness (QED) is 0.709. The highest BCUT2D eigenvalue weighted by Crippen LogP contribution is 2.27. The summed E-state index contributed by atoms with van der Waals surface area (Å²) in [4.78, 5) is 0. The lowest BCUT2D eigenvalue weighted by molar-refractivity contribution is 0.0298. The van der Waals surface area contributed by atoms with E-state index in [2.05, 4.69) is 26.2 Å². The summed E-state index contributed by atoms with van der Waals surface area (Å²) in [5.74, 6) is 0.819. The van der Waals surface area contributed by atoms with Crippen LogP contribution in [0.2, 0.25) is 0 Å². The van der Waals surface area contributed by atoms with Gasteiger partial charge in [-0.3, -0.25) is 0 Å². The van der Waals surface area contributed by atoms with Gasteiger partial charge in [-0.15, -0.1) is 0 Å². The van der Waals surface area contributed by atoms with Gasteiger partial charge in [-0.2, -0.15) is 0 Å². The molecular weight excluding hydrogens is 186 g/mol. The number of ether oxygens (including phenoxy) is 1. The normalized spacial score (nSPS) is 23.4. The van der Waals surface area contributed by atoms with Gasteiger partial charge in [0.1, 0.15) is 0 Å². The molecule has 2 unspecified atom stereocenters. The van der Waals surface area contributed by atoms with Crippen molar-refractivity contribution >= 4 is 0 Å². The minimum absolute atomic E-state index is 0.350. The van der Waals surface area contributed by atoms with Crippen molar-refractivity contribution in [2.75, 3.05) is 13.7 Å². The molecule has 0 heterocycles. The third-order valence-electron chi connectivity index (χ3n) is 3.68. The fourth-order valence-corrected chi connectivity index (χ4v) is 2.89. The molecule has 1 saturated carbocycles. The van der Waals surface area contributed by atoms with Crippen LogP contribution in [0, 0.1) is 5.92 Å². The molecule has 0 aromatic rings. The second-order valence-corrected chi connectivity index (χ2v) is 4.73. The third-order valence-corrected chi connectivity index (χ3v) is 3.68. The van der Waals surface area contributed by atoms with Gasteiger partial charge in [0.2, 0.25) is 0 Å². The Kier molecular flexibility index (Phi) is 6.26. The van der Waals surface area contributed by atoms with Crippen LogP contribution in [0.15, 0.2) is 0 Å². The molecule has 15 heavy (non-hydrogen) atoms. The van der Waals surface area contributed by atoms with Crippen LogP contribution in [0.5, 0.6) is 0 Å². The van der Waals surface area contributed by atoms with E-state index >= 15 is 0 Å². The lowest BCUT2D eigenvalue weighted by atomic mass is 9.89. The summed E-state index contributed by atoms with van der Waals surface area (Å²) in [6, 6.07) is 0.544. The first kappa shape index (κ1) is 13.0. The molecule has 1 N–H and O–H groups in total. The van der Waals surface area contributed by atoms with Gasteiger partial charge in [0.05, 0.1) is 6.10 Å². The van der Waals surface area contributed by atoms with Crippen LogP contribution < -0.4 is 5.32 Å². The van der Waals surface area contributed by atoms with Gasteiger partial charge >= 0.3 is 0 Å². The maximum Gasteiger partial charge on any atom is 0.0702 e. The van der Waals surface area contributed by atoms with E-state index in [0.29, 0.717) is 12.1 Å². The molecule has 0 aromatic heterocycles. The Morgan fingerprint density at radius 2 is 1.80 bits per heavy atom. The minimum Gasteiger partial charge on any atom is -0.377 e. The van der Waals surface area contributed by atoms with Gasteiger partial charge in [-0.1, -0.05) is 25.7 Å². The number of nitrogens with one attached hydrogen (secondary N) is 1. The van der Waals surface area contributed by atoms with Crippen molar-refractivity contribution in [2.45, 2.75) is 64.5 Å². The zero-order valence-electron chi connectivity index (χ0n) is 10.6. The summed E-state index contributed by atoms with van der Waals surface area (Å²) >= 11 is 0. The monoisotopic (exact) mass is 213 g/mol. The van der Waals surface area contributed by atoms with Gasteiger partial charge in [0.15, 0.2) is 0 Å². The Hall–Kier alpha value is -0.0800. The molecule has 0 aromatic carbocycles. The van der Waals surface area contributed by atoms with Gasteiger partial charge in [-0.05, 0) is 39.7 Å². The van der Waals surface area contributed by atoms with Crippen LogP contribution in [0.3, 0.4) is 0 Å². The van der Waals surface area contributed by atoms with E-state index in [1.165, 1.54) is 38.5 Å². The lowest BCUT2D eigenvalue weighted by Gasteiger charge is -2.30. The molecule has 2 nitrogen and oxygen atoms in total. The number of hydrogen-bond acceptors (Lipinski definition) is 2. The summed E-state index contributed by atoms with van der Waals surface area (Å²) in [5, 5.41) is 3.46. The van der Waals surface area contributed by atoms with Gasteiger partial charge in [-0.25, -0.2) is 0 Å². The van der Waals surface area contributed by atoms with Crippen LogP contribution in [-0.2, 0) is 4.74 Å². The van der Waals surface area contributed by atoms with Gasteiger partial charge in [0.25, 0.3) is 0 Å². The van der Waals surface area contributed by atoms with Crippen LogP contribution in [0.25, 0.3) is 0 Å². The summed E-state index contributed by atoms with van der Waals surface area (Å²) in [6.45, 7) is 5.11. The highest BCUT2D eigenvalue weighted by Gasteiger charge is 2.26. The van der Waals surface area contributed by atoms with Crippen molar-refractivity contribution < 1.29 is 4.74 Å². The second kappa shape index (κ2) is 7.24. The van der Waals surface area contributed by atoms with Crippen molar-refractivity contribution in [1.82, 2.24) is 5.32 Å². The van der Waals surface area contributed by atoms with Crippen LogP contribution in [0.4, 0.5) is 0 Å². The molecule has 0 aliphatic heterocycles. The average Bonchev–Trinajstić information content (AvgIpc) is 2.48. The zero-order valence-corrected chi connectivity index (χ0v) is 10.6. The van der Waals surface area contributed by atoms with Crippen molar-refractivity contribution in [3.8, 4) is 0 Å². The Morgan fingerprint density at radius 1 is 1.20 bits per heavy atom. The fraction of sp³-hybridized carbons (Fsp3) is 1.00. The Balaban J connectivity index is 2.47. The SMILES string of the molecule is CCOC(C)C(NC)C1CCCCCC1. The molecule has 0 bridgehead atoms. The Morgan fingerprint density at radius 3 is 2.27 bits per heavy atom. The summed E-state index contributed by atoms with van der Waals surface area (Å²) < 4.78 is 5.73. The predicted molar refractivity (Wildman–Crippen MR) is 65.1 cm³/mol. The second-order valence-electron chi connectivity index (χ2n) is 4.73. The summed E-state index contributed by atoms with van der Waals surface area (Å²) in [7, 11) is 2.07. The van der Waals surface area contributed by atoms with Crippen LogP contribution in [0.1, 0.15) is 52.4 Å². The van der Waals surface area contributed by atoms with E-state index in [9.17, 15) is 0 Å². The molecule has 2 atom stereocenters.